The number of hydrogen-bond donors (Lipinski definition) is 4. The van der Waals surface area contributed by atoms with Gasteiger partial charge in [0, 0.05) is 50.1 Å². The van der Waals surface area contributed by atoms with E-state index < -0.39 is 0 Å². The first-order valence-electron chi connectivity index (χ1n) is 50.3. The molecule has 8 aliphatic rings. The summed E-state index contributed by atoms with van der Waals surface area (Å²) in [5.41, 5.74) is 8.43. The van der Waals surface area contributed by atoms with Crippen LogP contribution in [-0.2, 0) is 14.2 Å². The van der Waals surface area contributed by atoms with Crippen molar-refractivity contribution in [1.29, 1.82) is 0 Å². The summed E-state index contributed by atoms with van der Waals surface area (Å²) in [4.78, 5) is 11.4. The average Bonchev–Trinajstić information content (AvgIpc) is 1.45. The molecule has 2 saturated carbocycles. The van der Waals surface area contributed by atoms with E-state index in [9.17, 15) is 4.79 Å². The maximum atomic E-state index is 11.4. The van der Waals surface area contributed by atoms with Gasteiger partial charge in [-0.3, -0.25) is 0 Å². The zero-order valence-electron chi connectivity index (χ0n) is 95.7. The van der Waals surface area contributed by atoms with Gasteiger partial charge in [-0.2, -0.15) is 0 Å². The van der Waals surface area contributed by atoms with Crippen molar-refractivity contribution in [2.24, 2.45) is 119 Å². The SMILES string of the molecule is C.CC.CC.CC.CC.CC.CC.CC.CC.CC(C)(C)C1(C(C)(C)C)CC1.CC(C)(C)C1(C(C)(C)C)CCC1.CC(C)(C)C1(C(C)(C)C)CCCO1.CC(C)(C)C1(C(C)(C)C)CCNC1.CC(C)(C)C1(C(C)(C)C)CCNCC1.CC(C)(C)C1(C(C)(C)C)CCOC(=O)N1.CC(C)(C)C1(C(C)(C)C)CCOC1.CC(C)(C)C1(C(C)(C)C)CNC1. The molecule has 6 saturated heterocycles. The van der Waals surface area contributed by atoms with Gasteiger partial charge in [-0.1, -0.05) is 457 Å². The highest BCUT2D eigenvalue weighted by Gasteiger charge is 2.61. The Bertz CT molecular complexity index is 2250. The van der Waals surface area contributed by atoms with E-state index in [2.05, 4.69) is 354 Å². The molecule has 0 unspecified atom stereocenters. The van der Waals surface area contributed by atoms with E-state index in [0.29, 0.717) is 104 Å². The van der Waals surface area contributed by atoms with Crippen LogP contribution in [0.5, 0.6) is 0 Å². The molecular formula is C112H244N4O4. The zero-order chi connectivity index (χ0) is 98.1. The molecule has 0 atom stereocenters. The minimum Gasteiger partial charge on any atom is -0.449 e. The molecule has 0 radical (unpaired) electrons. The van der Waals surface area contributed by atoms with Crippen LogP contribution in [-0.4, -0.2) is 82.9 Å². The standard InChI is InChI=1S/C13H27N.C12H23NO2.C12H25N.2C12H24O.C12H24.C11H23N.C11H22.8C2H6.CH4/c1-11(2,3)13(12(4,5)6)7-9-14-10-8-13;1-10(2,3)12(11(4,5)6)7-8-15-9(14)13-12;2*1-10(2,3)12(11(4,5)6)7-8-13-9-12;1-10(2,3)12(11(4,5)6)8-7-9-13-12;1-10(2,3)12(8-7-9-12)11(4,5)6;1-9(2,3)11(7-12-8-11)10(4,5)6;1-9(2,3)11(7-8-11)10(4,5)6;8*1-2;/h14H,7-10H2,1-6H3;7-8H2,1-6H3,(H,13,14);13H,7-9H2,1-6H3;2*7-9H2,1-6H3;7-9H2,1-6H3;12H,7-8H2,1-6H3;7-8H2,1-6H3;8*1-2H3;1H4. The Hall–Kier alpha value is -0.930. The van der Waals surface area contributed by atoms with Crippen LogP contribution >= 0.6 is 0 Å². The number of nitrogens with one attached hydrogen (secondary N) is 4. The Morgan fingerprint density at radius 2 is 0.492 bits per heavy atom. The second kappa shape index (κ2) is 52.8. The van der Waals surface area contributed by atoms with Crippen LogP contribution in [0.4, 0.5) is 4.79 Å². The van der Waals surface area contributed by atoms with Gasteiger partial charge >= 0.3 is 6.09 Å². The predicted octanol–water partition coefficient (Wildman–Crippen LogP) is 36.2. The monoisotopic (exact) mass is 1710 g/mol. The summed E-state index contributed by atoms with van der Waals surface area (Å²) in [6.07, 6.45) is 15.3. The molecule has 8 rings (SSSR count). The van der Waals surface area contributed by atoms with Gasteiger partial charge in [0.05, 0.1) is 24.4 Å². The molecule has 0 spiro atoms. The Kier molecular flexibility index (Phi) is 60.3. The van der Waals surface area contributed by atoms with Crippen LogP contribution in [0.25, 0.3) is 0 Å². The van der Waals surface area contributed by atoms with Crippen LogP contribution in [0.2, 0.25) is 0 Å². The summed E-state index contributed by atoms with van der Waals surface area (Å²) in [5.74, 6) is 0. The highest BCUT2D eigenvalue weighted by Crippen LogP contribution is 2.68. The van der Waals surface area contributed by atoms with Crippen molar-refractivity contribution < 1.29 is 19.0 Å². The second-order valence-corrected chi connectivity index (χ2v) is 51.1. The third kappa shape index (κ3) is 34.7. The summed E-state index contributed by atoms with van der Waals surface area (Å²) in [5, 5.41) is 13.5. The number of carbonyl (C=O) groups is 1. The van der Waals surface area contributed by atoms with Gasteiger partial charge in [0.2, 0.25) is 0 Å². The molecule has 8 heteroatoms. The lowest BCUT2D eigenvalue weighted by Crippen LogP contribution is -2.67. The summed E-state index contributed by atoms with van der Waals surface area (Å²) in [6, 6.07) is 0. The van der Waals surface area contributed by atoms with E-state index in [4.69, 9.17) is 14.2 Å². The molecule has 0 aromatic rings. The van der Waals surface area contributed by atoms with Crippen LogP contribution in [0.3, 0.4) is 0 Å². The molecule has 0 aromatic heterocycles. The zero-order valence-corrected chi connectivity index (χ0v) is 95.7. The summed E-state index contributed by atoms with van der Waals surface area (Å²) in [6.45, 7) is 155. The highest BCUT2D eigenvalue weighted by atomic mass is 16.6. The van der Waals surface area contributed by atoms with Crippen LogP contribution < -0.4 is 21.3 Å². The topological polar surface area (TPSA) is 92.9 Å². The molecule has 1 amide bonds. The minimum absolute atomic E-state index is 0. The number of carbonyl (C=O) groups excluding carboxylic acids is 1. The Morgan fingerprint density at radius 3 is 0.600 bits per heavy atom. The van der Waals surface area contributed by atoms with Crippen molar-refractivity contribution in [3.63, 3.8) is 0 Å². The third-order valence-corrected chi connectivity index (χ3v) is 30.7. The van der Waals surface area contributed by atoms with Crippen LogP contribution in [0, 0.1) is 119 Å². The molecule has 0 aromatic carbocycles. The number of ether oxygens (including phenoxy) is 3. The number of amides is 1. The van der Waals surface area contributed by atoms with Gasteiger partial charge in [-0.05, 0) is 192 Å². The van der Waals surface area contributed by atoms with E-state index >= 15 is 0 Å². The van der Waals surface area contributed by atoms with Gasteiger partial charge < -0.3 is 35.5 Å². The van der Waals surface area contributed by atoms with Gasteiger partial charge in [-0.25, -0.2) is 4.79 Å². The molecule has 4 N–H and O–H groups in total. The smallest absolute Gasteiger partial charge is 0.407 e. The summed E-state index contributed by atoms with van der Waals surface area (Å²) in [7, 11) is 0. The maximum Gasteiger partial charge on any atom is 0.407 e. The molecule has 120 heavy (non-hydrogen) atoms. The Balaban J connectivity index is -0.000000163. The summed E-state index contributed by atoms with van der Waals surface area (Å²) < 4.78 is 16.7. The highest BCUT2D eigenvalue weighted by molar-refractivity contribution is 5.69. The van der Waals surface area contributed by atoms with Gasteiger partial charge in [0.1, 0.15) is 0 Å². The molecule has 736 valence electrons. The van der Waals surface area contributed by atoms with Gasteiger partial charge in [-0.15, -0.1) is 0 Å². The fourth-order valence-corrected chi connectivity index (χ4v) is 23.7. The minimum atomic E-state index is -0.286. The van der Waals surface area contributed by atoms with Crippen LogP contribution in [0.1, 0.15) is 528 Å². The fraction of sp³-hybridized carbons (Fsp3) is 0.991. The second-order valence-electron chi connectivity index (χ2n) is 51.1. The Morgan fingerprint density at radius 1 is 0.233 bits per heavy atom. The first-order valence-corrected chi connectivity index (χ1v) is 50.3. The van der Waals surface area contributed by atoms with Gasteiger partial charge in [0.15, 0.2) is 0 Å². The Labute approximate surface area is 765 Å². The van der Waals surface area contributed by atoms with Crippen LogP contribution in [0.15, 0.2) is 0 Å². The number of alkyl carbamates (subject to hydrolysis) is 1. The molecule has 2 aliphatic carbocycles. The van der Waals surface area contributed by atoms with Crippen molar-refractivity contribution in [3.8, 4) is 0 Å². The largest absolute Gasteiger partial charge is 0.449 e. The lowest BCUT2D eigenvalue weighted by Gasteiger charge is -2.60. The van der Waals surface area contributed by atoms with E-state index in [1.807, 2.05) is 111 Å². The normalized spacial score (nSPS) is 20.4. The van der Waals surface area contributed by atoms with Crippen molar-refractivity contribution in [2.75, 3.05) is 65.7 Å². The quantitative estimate of drug-likeness (QED) is 0.192. The average molecular weight is 1710 g/mol. The number of hydrogen-bond acceptors (Lipinski definition) is 7. The molecule has 8 nitrogen and oxygen atoms in total. The van der Waals surface area contributed by atoms with Crippen molar-refractivity contribution in [2.45, 2.75) is 539 Å². The molecule has 6 aliphatic heterocycles. The third-order valence-electron chi connectivity index (χ3n) is 30.7. The number of rotatable bonds is 0. The molecule has 8 fully saturated rings. The molecular weight excluding hydrogens is 1470 g/mol. The lowest BCUT2D eigenvalue weighted by molar-refractivity contribution is -0.148. The maximum absolute atomic E-state index is 11.4. The van der Waals surface area contributed by atoms with E-state index in [0.717, 1.165) is 26.2 Å². The predicted molar refractivity (Wildman–Crippen MR) is 554 cm³/mol. The van der Waals surface area contributed by atoms with E-state index in [1.165, 1.54) is 110 Å². The first-order chi connectivity index (χ1) is 53.1. The van der Waals surface area contributed by atoms with Crippen molar-refractivity contribution in [1.82, 2.24) is 21.3 Å². The van der Waals surface area contributed by atoms with Gasteiger partial charge in [0.25, 0.3) is 0 Å². The summed E-state index contributed by atoms with van der Waals surface area (Å²) >= 11 is 0. The lowest BCUT2D eigenvalue weighted by atomic mass is 9.45. The molecule has 0 bridgehead atoms. The first kappa shape index (κ1) is 137. The number of cyclic esters (lactones) is 1. The van der Waals surface area contributed by atoms with Crippen molar-refractivity contribution in [3.05, 3.63) is 0 Å². The molecule has 6 heterocycles. The van der Waals surface area contributed by atoms with E-state index in [-0.39, 0.29) is 46.3 Å². The van der Waals surface area contributed by atoms with Crippen molar-refractivity contribution >= 4 is 6.09 Å². The fourth-order valence-electron chi connectivity index (χ4n) is 23.7. The number of piperidine rings is 1. The van der Waals surface area contributed by atoms with E-state index in [1.54, 1.807) is 0 Å².